The lowest BCUT2D eigenvalue weighted by Crippen LogP contribution is -2.38. The summed E-state index contributed by atoms with van der Waals surface area (Å²) in [5, 5.41) is 1.87. The summed E-state index contributed by atoms with van der Waals surface area (Å²) in [5.41, 5.74) is 3.16. The molecule has 1 aromatic carbocycles. The van der Waals surface area contributed by atoms with E-state index < -0.39 is 0 Å². The second-order valence-corrected chi connectivity index (χ2v) is 8.36. The maximum atomic E-state index is 12.7. The molecule has 1 N–H and O–H groups in total. The van der Waals surface area contributed by atoms with Crippen molar-refractivity contribution in [3.8, 4) is 11.3 Å². The Hall–Kier alpha value is -3.12. The third kappa shape index (κ3) is 4.21. The zero-order valence-electron chi connectivity index (χ0n) is 17.1. The number of hydrogen-bond donors (Lipinski definition) is 1. The van der Waals surface area contributed by atoms with E-state index >= 15 is 0 Å². The SMILES string of the molecule is O=C(CCc1ncc(-c2ccc(Cl)cc2)o1)N1CCC(c2c[nH]c3ncccc23)CC1. The molecule has 0 atom stereocenters. The average Bonchev–Trinajstić information content (AvgIpc) is 3.45. The summed E-state index contributed by atoms with van der Waals surface area (Å²) in [5.74, 6) is 1.88. The Morgan fingerprint density at radius 3 is 2.77 bits per heavy atom. The largest absolute Gasteiger partial charge is 0.441 e. The van der Waals surface area contributed by atoms with Crippen molar-refractivity contribution in [1.82, 2.24) is 19.9 Å². The molecule has 5 rings (SSSR count). The summed E-state index contributed by atoms with van der Waals surface area (Å²) in [4.78, 5) is 26.6. The number of rotatable bonds is 5. The minimum absolute atomic E-state index is 0.158. The van der Waals surface area contributed by atoms with Gasteiger partial charge in [-0.3, -0.25) is 4.79 Å². The lowest BCUT2D eigenvalue weighted by atomic mass is 9.89. The number of piperidine rings is 1. The van der Waals surface area contributed by atoms with Gasteiger partial charge in [0, 0.05) is 54.3 Å². The van der Waals surface area contributed by atoms with Gasteiger partial charge < -0.3 is 14.3 Å². The number of oxazole rings is 1. The highest BCUT2D eigenvalue weighted by molar-refractivity contribution is 6.30. The molecular weight excluding hydrogens is 412 g/mol. The van der Waals surface area contributed by atoms with Crippen molar-refractivity contribution in [3.63, 3.8) is 0 Å². The summed E-state index contributed by atoms with van der Waals surface area (Å²) in [6.07, 6.45) is 8.41. The molecule has 1 aliphatic heterocycles. The van der Waals surface area contributed by atoms with Crippen LogP contribution in [-0.4, -0.2) is 38.8 Å². The Morgan fingerprint density at radius 2 is 1.97 bits per heavy atom. The number of likely N-dealkylation sites (tertiary alicyclic amines) is 1. The predicted molar refractivity (Wildman–Crippen MR) is 120 cm³/mol. The van der Waals surface area contributed by atoms with Crippen LogP contribution in [0.2, 0.25) is 5.02 Å². The minimum Gasteiger partial charge on any atom is -0.441 e. The lowest BCUT2D eigenvalue weighted by Gasteiger charge is -2.32. The predicted octanol–water partition coefficient (Wildman–Crippen LogP) is 5.21. The van der Waals surface area contributed by atoms with Gasteiger partial charge in [0.2, 0.25) is 5.91 Å². The molecule has 0 spiro atoms. The molecule has 1 fully saturated rings. The summed E-state index contributed by atoms with van der Waals surface area (Å²) in [6, 6.07) is 11.5. The molecule has 1 saturated heterocycles. The number of halogens is 1. The van der Waals surface area contributed by atoms with Crippen molar-refractivity contribution in [1.29, 1.82) is 0 Å². The van der Waals surface area contributed by atoms with E-state index in [1.165, 1.54) is 10.9 Å². The number of nitrogens with zero attached hydrogens (tertiary/aromatic N) is 3. The van der Waals surface area contributed by atoms with Crippen LogP contribution in [0, 0.1) is 0 Å². The third-order valence-electron chi connectivity index (χ3n) is 6.01. The zero-order valence-corrected chi connectivity index (χ0v) is 17.8. The summed E-state index contributed by atoms with van der Waals surface area (Å²) in [7, 11) is 0. The molecule has 1 amide bonds. The number of carbonyl (C=O) groups is 1. The highest BCUT2D eigenvalue weighted by Gasteiger charge is 2.25. The topological polar surface area (TPSA) is 75.0 Å². The summed E-state index contributed by atoms with van der Waals surface area (Å²) >= 11 is 5.93. The number of H-pyrrole nitrogens is 1. The Labute approximate surface area is 185 Å². The fourth-order valence-corrected chi connectivity index (χ4v) is 4.43. The second-order valence-electron chi connectivity index (χ2n) is 7.92. The van der Waals surface area contributed by atoms with Crippen LogP contribution >= 0.6 is 11.6 Å². The number of fused-ring (bicyclic) bond motifs is 1. The van der Waals surface area contributed by atoms with Crippen molar-refractivity contribution >= 4 is 28.5 Å². The fraction of sp³-hybridized carbons (Fsp3) is 0.292. The van der Waals surface area contributed by atoms with Gasteiger partial charge >= 0.3 is 0 Å². The van der Waals surface area contributed by atoms with Crippen molar-refractivity contribution in [2.75, 3.05) is 13.1 Å². The number of benzene rings is 1. The van der Waals surface area contributed by atoms with Crippen LogP contribution in [0.25, 0.3) is 22.4 Å². The molecule has 3 aromatic heterocycles. The number of hydrogen-bond acceptors (Lipinski definition) is 4. The van der Waals surface area contributed by atoms with Gasteiger partial charge in [0.1, 0.15) is 5.65 Å². The minimum atomic E-state index is 0.158. The number of carbonyl (C=O) groups excluding carboxylic acids is 1. The molecule has 0 radical (unpaired) electrons. The summed E-state index contributed by atoms with van der Waals surface area (Å²) < 4.78 is 5.82. The fourth-order valence-electron chi connectivity index (χ4n) is 4.30. The van der Waals surface area contributed by atoms with Crippen molar-refractivity contribution < 1.29 is 9.21 Å². The average molecular weight is 435 g/mol. The van der Waals surface area contributed by atoms with Crippen LogP contribution in [0.1, 0.15) is 36.6 Å². The van der Waals surface area contributed by atoms with E-state index in [1.54, 1.807) is 12.4 Å². The van der Waals surface area contributed by atoms with Crippen LogP contribution in [-0.2, 0) is 11.2 Å². The molecule has 4 aromatic rings. The van der Waals surface area contributed by atoms with Gasteiger partial charge in [-0.1, -0.05) is 11.6 Å². The lowest BCUT2D eigenvalue weighted by molar-refractivity contribution is -0.132. The molecule has 0 saturated carbocycles. The Morgan fingerprint density at radius 1 is 1.16 bits per heavy atom. The number of amides is 1. The van der Waals surface area contributed by atoms with E-state index in [2.05, 4.69) is 27.2 Å². The molecule has 0 bridgehead atoms. The van der Waals surface area contributed by atoms with Gasteiger partial charge in [0.25, 0.3) is 0 Å². The quantitative estimate of drug-likeness (QED) is 0.467. The van der Waals surface area contributed by atoms with Crippen LogP contribution in [0.5, 0.6) is 0 Å². The van der Waals surface area contributed by atoms with Gasteiger partial charge in [-0.25, -0.2) is 9.97 Å². The molecule has 0 aliphatic carbocycles. The van der Waals surface area contributed by atoms with E-state index in [-0.39, 0.29) is 5.91 Å². The molecule has 1 aliphatic rings. The maximum Gasteiger partial charge on any atom is 0.223 e. The maximum absolute atomic E-state index is 12.7. The van der Waals surface area contributed by atoms with Crippen molar-refractivity contribution in [2.24, 2.45) is 0 Å². The zero-order chi connectivity index (χ0) is 21.2. The Kier molecular flexibility index (Phi) is 5.47. The molecule has 4 heterocycles. The highest BCUT2D eigenvalue weighted by Crippen LogP contribution is 2.32. The monoisotopic (exact) mass is 434 g/mol. The van der Waals surface area contributed by atoms with E-state index in [1.807, 2.05) is 35.2 Å². The van der Waals surface area contributed by atoms with E-state index in [9.17, 15) is 4.79 Å². The van der Waals surface area contributed by atoms with E-state index in [4.69, 9.17) is 16.0 Å². The van der Waals surface area contributed by atoms with Crippen LogP contribution < -0.4 is 0 Å². The number of nitrogens with one attached hydrogen (secondary N) is 1. The van der Waals surface area contributed by atoms with Crippen LogP contribution in [0.15, 0.2) is 59.4 Å². The molecular formula is C24H23ClN4O2. The Bertz CT molecular complexity index is 1190. The van der Waals surface area contributed by atoms with Gasteiger partial charge in [0.15, 0.2) is 11.7 Å². The first-order valence-electron chi connectivity index (χ1n) is 10.6. The van der Waals surface area contributed by atoms with Gasteiger partial charge in [0.05, 0.1) is 6.20 Å². The van der Waals surface area contributed by atoms with Crippen molar-refractivity contribution in [3.05, 3.63) is 71.5 Å². The summed E-state index contributed by atoms with van der Waals surface area (Å²) in [6.45, 7) is 1.55. The molecule has 7 heteroatoms. The second kappa shape index (κ2) is 8.55. The highest BCUT2D eigenvalue weighted by atomic mass is 35.5. The number of aryl methyl sites for hydroxylation is 1. The molecule has 0 unspecified atom stereocenters. The van der Waals surface area contributed by atoms with Crippen molar-refractivity contribution in [2.45, 2.75) is 31.6 Å². The third-order valence-corrected chi connectivity index (χ3v) is 6.26. The first kappa shape index (κ1) is 19.8. The Balaban J connectivity index is 1.15. The first-order chi connectivity index (χ1) is 15.2. The molecule has 31 heavy (non-hydrogen) atoms. The van der Waals surface area contributed by atoms with E-state index in [0.717, 1.165) is 37.1 Å². The standard InChI is InChI=1S/C24H23ClN4O2/c25-18-5-3-17(4-6-18)21-15-27-22(31-21)7-8-23(30)29-12-9-16(10-13-29)20-14-28-24-19(20)2-1-11-26-24/h1-6,11,14-16H,7-10,12-13H2,(H,26,28). The number of aromatic nitrogens is 3. The molecule has 6 nitrogen and oxygen atoms in total. The van der Waals surface area contributed by atoms with Gasteiger partial charge in [-0.05, 0) is 60.7 Å². The smallest absolute Gasteiger partial charge is 0.223 e. The number of pyridine rings is 1. The molecule has 158 valence electrons. The first-order valence-corrected chi connectivity index (χ1v) is 11.0. The van der Waals surface area contributed by atoms with Crippen LogP contribution in [0.4, 0.5) is 0 Å². The van der Waals surface area contributed by atoms with Gasteiger partial charge in [-0.15, -0.1) is 0 Å². The van der Waals surface area contributed by atoms with E-state index in [0.29, 0.717) is 35.4 Å². The van der Waals surface area contributed by atoms with Crippen LogP contribution in [0.3, 0.4) is 0 Å². The normalized spacial score (nSPS) is 14.9. The number of aromatic amines is 1. The van der Waals surface area contributed by atoms with Gasteiger partial charge in [-0.2, -0.15) is 0 Å².